The average molecular weight is 366 g/mol. The molecular formula is C19H22N6O2. The monoisotopic (exact) mass is 366 g/mol. The van der Waals surface area contributed by atoms with E-state index in [2.05, 4.69) is 27.1 Å². The summed E-state index contributed by atoms with van der Waals surface area (Å²) in [5, 5.41) is 2.91. The number of nitrogens with zero attached hydrogens (tertiary/aromatic N) is 3. The zero-order valence-electron chi connectivity index (χ0n) is 15.1. The predicted octanol–water partition coefficient (Wildman–Crippen LogP) is 2.23. The summed E-state index contributed by atoms with van der Waals surface area (Å²) in [4.78, 5) is 23.5. The van der Waals surface area contributed by atoms with E-state index in [4.69, 9.17) is 15.9 Å². The van der Waals surface area contributed by atoms with Gasteiger partial charge in [-0.05, 0) is 30.5 Å². The number of carbonyl (C=O) groups excluding carboxylic acids is 1. The lowest BCUT2D eigenvalue weighted by Crippen LogP contribution is -2.46. The Bertz CT molecular complexity index is 975. The van der Waals surface area contributed by atoms with Crippen molar-refractivity contribution in [3.63, 3.8) is 0 Å². The van der Waals surface area contributed by atoms with E-state index in [1.807, 2.05) is 6.07 Å². The Morgan fingerprint density at radius 1 is 1.33 bits per heavy atom. The molecule has 0 spiro atoms. The van der Waals surface area contributed by atoms with Crippen LogP contribution >= 0.6 is 0 Å². The second-order valence-electron chi connectivity index (χ2n) is 7.04. The Morgan fingerprint density at radius 3 is 3.00 bits per heavy atom. The molecule has 3 aromatic heterocycles. The molecule has 1 fully saturated rings. The van der Waals surface area contributed by atoms with Crippen LogP contribution in [0.1, 0.15) is 23.7 Å². The molecule has 5 N–H and O–H groups in total. The SMILES string of the molecule is C[C@H]1C[C@@H](N)CN(c2ccncc2NC(=O)c2c(N)oc3cccnc23)C1. The maximum atomic E-state index is 12.9. The van der Waals surface area contributed by atoms with Crippen molar-refractivity contribution in [2.45, 2.75) is 19.4 Å². The molecule has 1 aliphatic heterocycles. The number of nitrogens with two attached hydrogens (primary N) is 2. The number of hydrogen-bond acceptors (Lipinski definition) is 7. The zero-order chi connectivity index (χ0) is 19.0. The number of carbonyl (C=O) groups is 1. The number of nitrogen functional groups attached to an aromatic ring is 1. The molecule has 0 unspecified atom stereocenters. The first-order valence-corrected chi connectivity index (χ1v) is 8.92. The Morgan fingerprint density at radius 2 is 2.19 bits per heavy atom. The summed E-state index contributed by atoms with van der Waals surface area (Å²) in [6.07, 6.45) is 5.93. The first kappa shape index (κ1) is 17.3. The van der Waals surface area contributed by atoms with Gasteiger partial charge in [-0.1, -0.05) is 6.92 Å². The fraction of sp³-hybridized carbons (Fsp3) is 0.316. The number of piperidine rings is 1. The number of hydrogen-bond donors (Lipinski definition) is 3. The largest absolute Gasteiger partial charge is 0.438 e. The summed E-state index contributed by atoms with van der Waals surface area (Å²) in [6.45, 7) is 3.78. The van der Waals surface area contributed by atoms with Crippen molar-refractivity contribution in [2.75, 3.05) is 29.0 Å². The minimum atomic E-state index is -0.381. The number of pyridine rings is 2. The van der Waals surface area contributed by atoms with E-state index in [0.717, 1.165) is 25.2 Å². The van der Waals surface area contributed by atoms with Gasteiger partial charge in [-0.25, -0.2) is 0 Å². The highest BCUT2D eigenvalue weighted by Crippen LogP contribution is 2.31. The van der Waals surface area contributed by atoms with E-state index in [1.54, 1.807) is 30.7 Å². The molecule has 2 atom stereocenters. The Balaban J connectivity index is 1.65. The van der Waals surface area contributed by atoms with Gasteiger partial charge in [-0.3, -0.25) is 14.8 Å². The van der Waals surface area contributed by atoms with Gasteiger partial charge in [0.2, 0.25) is 5.88 Å². The van der Waals surface area contributed by atoms with Gasteiger partial charge in [0.25, 0.3) is 5.91 Å². The van der Waals surface area contributed by atoms with Gasteiger partial charge in [0, 0.05) is 31.5 Å². The van der Waals surface area contributed by atoms with Crippen LogP contribution in [0.15, 0.2) is 41.2 Å². The molecule has 0 radical (unpaired) electrons. The molecule has 3 aromatic rings. The first-order valence-electron chi connectivity index (χ1n) is 8.92. The minimum Gasteiger partial charge on any atom is -0.438 e. The van der Waals surface area contributed by atoms with Gasteiger partial charge in [-0.15, -0.1) is 0 Å². The molecule has 4 heterocycles. The van der Waals surface area contributed by atoms with Crippen LogP contribution in [0, 0.1) is 5.92 Å². The number of aromatic nitrogens is 2. The van der Waals surface area contributed by atoms with E-state index >= 15 is 0 Å². The predicted molar refractivity (Wildman–Crippen MR) is 105 cm³/mol. The molecule has 1 saturated heterocycles. The Hall–Kier alpha value is -3.13. The molecule has 1 aliphatic rings. The molecule has 0 saturated carbocycles. The van der Waals surface area contributed by atoms with E-state index in [-0.39, 0.29) is 23.4 Å². The lowest BCUT2D eigenvalue weighted by Gasteiger charge is -2.37. The van der Waals surface area contributed by atoms with Crippen LogP contribution < -0.4 is 21.7 Å². The van der Waals surface area contributed by atoms with Crippen molar-refractivity contribution in [1.29, 1.82) is 0 Å². The average Bonchev–Trinajstić information content (AvgIpc) is 2.97. The van der Waals surface area contributed by atoms with Crippen molar-refractivity contribution in [3.8, 4) is 0 Å². The molecule has 8 nitrogen and oxygen atoms in total. The molecular weight excluding hydrogens is 344 g/mol. The Labute approximate surface area is 156 Å². The second kappa shape index (κ2) is 6.88. The summed E-state index contributed by atoms with van der Waals surface area (Å²) >= 11 is 0. The molecule has 1 amide bonds. The fourth-order valence-electron chi connectivity index (χ4n) is 3.71. The van der Waals surface area contributed by atoms with Gasteiger partial charge in [-0.2, -0.15) is 0 Å². The smallest absolute Gasteiger partial charge is 0.263 e. The standard InChI is InChI=1S/C19H22N6O2/c1-11-7-12(20)10-25(9-11)14-4-6-22-8-13(14)24-19(26)16-17-15(27-18(16)21)3-2-5-23-17/h2-6,8,11-12H,7,9-10,20-21H2,1H3,(H,24,26)/t11-,12+/m0/s1. The van der Waals surface area contributed by atoms with Crippen LogP contribution in [0.3, 0.4) is 0 Å². The summed E-state index contributed by atoms with van der Waals surface area (Å²) in [6, 6.07) is 5.44. The van der Waals surface area contributed by atoms with Gasteiger partial charge >= 0.3 is 0 Å². The fourth-order valence-corrected chi connectivity index (χ4v) is 3.71. The Kier molecular flexibility index (Phi) is 4.41. The lowest BCUT2D eigenvalue weighted by molar-refractivity contribution is 0.102. The van der Waals surface area contributed by atoms with Crippen molar-refractivity contribution >= 4 is 34.3 Å². The van der Waals surface area contributed by atoms with Crippen LogP contribution in [0.5, 0.6) is 0 Å². The maximum absolute atomic E-state index is 12.9. The van der Waals surface area contributed by atoms with Gasteiger partial charge in [0.05, 0.1) is 17.6 Å². The third-order valence-corrected chi connectivity index (χ3v) is 4.78. The number of furan rings is 1. The quantitative estimate of drug-likeness (QED) is 0.649. The summed E-state index contributed by atoms with van der Waals surface area (Å²) in [5.74, 6) is 0.136. The number of fused-ring (bicyclic) bond motifs is 1. The van der Waals surface area contributed by atoms with E-state index < -0.39 is 0 Å². The minimum absolute atomic E-state index is 0.0419. The number of anilines is 3. The number of rotatable bonds is 3. The molecule has 27 heavy (non-hydrogen) atoms. The molecule has 0 bridgehead atoms. The van der Waals surface area contributed by atoms with Gasteiger partial charge < -0.3 is 26.1 Å². The van der Waals surface area contributed by atoms with Gasteiger partial charge in [0.15, 0.2) is 5.58 Å². The summed E-state index contributed by atoms with van der Waals surface area (Å²) in [5.41, 5.74) is 14.7. The van der Waals surface area contributed by atoms with E-state index in [9.17, 15) is 4.79 Å². The first-order chi connectivity index (χ1) is 13.0. The summed E-state index contributed by atoms with van der Waals surface area (Å²) < 4.78 is 5.44. The van der Waals surface area contributed by atoms with Crippen LogP contribution in [0.2, 0.25) is 0 Å². The second-order valence-corrected chi connectivity index (χ2v) is 7.04. The normalized spacial score (nSPS) is 20.0. The van der Waals surface area contributed by atoms with Crippen LogP contribution in [0.25, 0.3) is 11.1 Å². The zero-order valence-corrected chi connectivity index (χ0v) is 15.1. The molecule has 0 aliphatic carbocycles. The van der Waals surface area contributed by atoms with Crippen molar-refractivity contribution in [1.82, 2.24) is 9.97 Å². The highest BCUT2D eigenvalue weighted by atomic mass is 16.3. The number of nitrogens with one attached hydrogen (secondary N) is 1. The molecule has 0 aromatic carbocycles. The van der Waals surface area contributed by atoms with Crippen molar-refractivity contribution in [2.24, 2.45) is 11.7 Å². The molecule has 8 heteroatoms. The third-order valence-electron chi connectivity index (χ3n) is 4.78. The molecule has 140 valence electrons. The number of amides is 1. The van der Waals surface area contributed by atoms with Crippen molar-refractivity contribution in [3.05, 3.63) is 42.4 Å². The highest BCUT2D eigenvalue weighted by Gasteiger charge is 2.26. The van der Waals surface area contributed by atoms with Crippen molar-refractivity contribution < 1.29 is 9.21 Å². The molecule has 4 rings (SSSR count). The highest BCUT2D eigenvalue weighted by molar-refractivity contribution is 6.15. The third kappa shape index (κ3) is 3.31. The van der Waals surface area contributed by atoms with E-state index in [1.165, 1.54) is 0 Å². The maximum Gasteiger partial charge on any atom is 0.263 e. The van der Waals surface area contributed by atoms with E-state index in [0.29, 0.717) is 22.7 Å². The van der Waals surface area contributed by atoms with Crippen LogP contribution in [-0.2, 0) is 0 Å². The van der Waals surface area contributed by atoms with Gasteiger partial charge in [0.1, 0.15) is 11.1 Å². The summed E-state index contributed by atoms with van der Waals surface area (Å²) in [7, 11) is 0. The van der Waals surface area contributed by atoms with Crippen LogP contribution in [-0.4, -0.2) is 35.0 Å². The van der Waals surface area contributed by atoms with Crippen LogP contribution in [0.4, 0.5) is 17.3 Å². The topological polar surface area (TPSA) is 123 Å². The lowest BCUT2D eigenvalue weighted by atomic mass is 9.96.